The second kappa shape index (κ2) is 8.06. The average molecular weight is 307 g/mol. The van der Waals surface area contributed by atoms with Gasteiger partial charge in [-0.2, -0.15) is 0 Å². The van der Waals surface area contributed by atoms with Gasteiger partial charge in [-0.25, -0.2) is 4.79 Å². The maximum absolute atomic E-state index is 11.8. The summed E-state index contributed by atoms with van der Waals surface area (Å²) in [4.78, 5) is 22.0. The maximum atomic E-state index is 11.8. The van der Waals surface area contributed by atoms with Gasteiger partial charge in [-0.1, -0.05) is 29.8 Å². The van der Waals surface area contributed by atoms with E-state index in [1.807, 2.05) is 31.2 Å². The Balaban J connectivity index is 2.64. The predicted octanol–water partition coefficient (Wildman–Crippen LogP) is 1.91. The molecule has 0 aliphatic rings. The van der Waals surface area contributed by atoms with Crippen molar-refractivity contribution in [3.8, 4) is 0 Å². The molecule has 1 amide bonds. The summed E-state index contributed by atoms with van der Waals surface area (Å²) >= 11 is -1.20. The molecule has 0 fully saturated rings. The number of hydrogen-bond donors (Lipinski definition) is 1. The van der Waals surface area contributed by atoms with Crippen molar-refractivity contribution in [3.05, 3.63) is 35.4 Å². The van der Waals surface area contributed by atoms with Crippen LogP contribution in [-0.4, -0.2) is 38.6 Å². The third-order valence-corrected chi connectivity index (χ3v) is 3.91. The highest BCUT2D eigenvalue weighted by Crippen LogP contribution is 2.09. The van der Waals surface area contributed by atoms with E-state index in [1.165, 1.54) is 5.56 Å². The van der Waals surface area contributed by atoms with Crippen molar-refractivity contribution in [2.75, 3.05) is 0 Å². The quantitative estimate of drug-likeness (QED) is 0.644. The van der Waals surface area contributed by atoms with Crippen molar-refractivity contribution in [2.45, 2.75) is 44.6 Å². The van der Waals surface area contributed by atoms with Gasteiger partial charge in [0, 0.05) is 4.90 Å². The van der Waals surface area contributed by atoms with Crippen molar-refractivity contribution in [1.29, 1.82) is 0 Å². The number of aryl methyl sites for hydroxylation is 1. The van der Waals surface area contributed by atoms with E-state index in [0.29, 0.717) is 12.9 Å². The van der Waals surface area contributed by atoms with Gasteiger partial charge in [0.25, 0.3) is 6.47 Å². The number of nitrogens with one attached hydrogen (secondary N) is 1. The van der Waals surface area contributed by atoms with Crippen molar-refractivity contribution < 1.29 is 18.1 Å². The highest BCUT2D eigenvalue weighted by atomic mass is 27.1. The van der Waals surface area contributed by atoms with Gasteiger partial charge in [-0.15, -0.1) is 0 Å². The van der Waals surface area contributed by atoms with Crippen LogP contribution in [0.5, 0.6) is 0 Å². The highest BCUT2D eigenvalue weighted by Gasteiger charge is 2.22. The molecule has 0 unspecified atom stereocenters. The molecule has 1 rings (SSSR count). The smallest absolute Gasteiger partial charge is 0.548 e. The van der Waals surface area contributed by atoms with E-state index >= 15 is 0 Å². The molecule has 21 heavy (non-hydrogen) atoms. The lowest BCUT2D eigenvalue weighted by Gasteiger charge is -2.22. The van der Waals surface area contributed by atoms with Crippen LogP contribution in [0.4, 0.5) is 4.79 Å². The van der Waals surface area contributed by atoms with E-state index in [1.54, 1.807) is 20.8 Å². The second-order valence-corrected chi connectivity index (χ2v) is 7.61. The molecule has 1 aromatic rings. The number of ether oxygens (including phenoxy) is 1. The SMILES string of the molecule is Cc1ccc(C[C@H](NC(=O)OC(C)(C)C)[AlH][O]C=O)cc1. The zero-order valence-electron chi connectivity index (χ0n) is 13.0. The molecule has 1 N–H and O–H groups in total. The Kier molecular flexibility index (Phi) is 6.74. The summed E-state index contributed by atoms with van der Waals surface area (Å²) in [6, 6.07) is 8.05. The molecule has 0 aliphatic heterocycles. The molecule has 0 spiro atoms. The van der Waals surface area contributed by atoms with E-state index in [-0.39, 0.29) is 4.90 Å². The van der Waals surface area contributed by atoms with E-state index in [9.17, 15) is 9.59 Å². The predicted molar refractivity (Wildman–Crippen MR) is 82.3 cm³/mol. The summed E-state index contributed by atoms with van der Waals surface area (Å²) in [5, 5.41) is 2.79. The zero-order valence-corrected chi connectivity index (χ0v) is 14.4. The van der Waals surface area contributed by atoms with Crippen LogP contribution in [0.1, 0.15) is 31.9 Å². The van der Waals surface area contributed by atoms with Crippen molar-refractivity contribution in [1.82, 2.24) is 5.32 Å². The summed E-state index contributed by atoms with van der Waals surface area (Å²) in [5.74, 6) is 0. The van der Waals surface area contributed by atoms with Crippen LogP contribution in [0.2, 0.25) is 0 Å². The van der Waals surface area contributed by atoms with E-state index in [2.05, 4.69) is 5.32 Å². The number of benzene rings is 1. The van der Waals surface area contributed by atoms with Gasteiger partial charge < -0.3 is 13.8 Å². The Morgan fingerprint density at radius 1 is 1.33 bits per heavy atom. The highest BCUT2D eigenvalue weighted by molar-refractivity contribution is 6.32. The number of alkyl carbamates (subject to hydrolysis) is 1. The summed E-state index contributed by atoms with van der Waals surface area (Å²) in [7, 11) is 0. The Morgan fingerprint density at radius 3 is 2.48 bits per heavy atom. The molecule has 114 valence electrons. The van der Waals surface area contributed by atoms with Crippen LogP contribution in [0, 0.1) is 6.92 Å². The van der Waals surface area contributed by atoms with Gasteiger partial charge in [0.2, 0.25) is 0 Å². The Hall–Kier alpha value is -1.51. The molecule has 0 aromatic heterocycles. The first-order valence-corrected chi connectivity index (χ1v) is 8.30. The van der Waals surface area contributed by atoms with E-state index in [4.69, 9.17) is 8.53 Å². The first-order chi connectivity index (χ1) is 9.80. The third kappa shape index (κ3) is 7.74. The lowest BCUT2D eigenvalue weighted by molar-refractivity contribution is -0.120. The first kappa shape index (κ1) is 17.5. The van der Waals surface area contributed by atoms with Crippen LogP contribution < -0.4 is 5.32 Å². The molecule has 5 nitrogen and oxygen atoms in total. The minimum atomic E-state index is -1.20. The van der Waals surface area contributed by atoms with Crippen LogP contribution in [0.25, 0.3) is 0 Å². The maximum Gasteiger partial charge on any atom is 0.548 e. The lowest BCUT2D eigenvalue weighted by atomic mass is 10.1. The summed E-state index contributed by atoms with van der Waals surface area (Å²) in [6.45, 7) is 7.87. The molecule has 0 saturated carbocycles. The third-order valence-electron chi connectivity index (χ3n) is 2.69. The van der Waals surface area contributed by atoms with Gasteiger partial charge in [0.05, 0.1) is 0 Å². The Bertz CT molecular complexity index is 468. The monoisotopic (exact) mass is 307 g/mol. The van der Waals surface area contributed by atoms with Crippen LogP contribution >= 0.6 is 0 Å². The van der Waals surface area contributed by atoms with Crippen molar-refractivity contribution >= 4 is 28.1 Å². The van der Waals surface area contributed by atoms with Gasteiger partial charge in [-0.3, -0.25) is 4.79 Å². The minimum absolute atomic E-state index is 0.187. The van der Waals surface area contributed by atoms with E-state index in [0.717, 1.165) is 5.56 Å². The Morgan fingerprint density at radius 2 is 1.95 bits per heavy atom. The molecule has 1 atom stereocenters. The average Bonchev–Trinajstić information content (AvgIpc) is 2.36. The van der Waals surface area contributed by atoms with Crippen molar-refractivity contribution in [3.63, 3.8) is 0 Å². The second-order valence-electron chi connectivity index (χ2n) is 5.96. The molecule has 0 saturated heterocycles. The summed E-state index contributed by atoms with van der Waals surface area (Å²) in [5.41, 5.74) is 1.71. The topological polar surface area (TPSA) is 64.6 Å². The van der Waals surface area contributed by atoms with E-state index < -0.39 is 27.2 Å². The lowest BCUT2D eigenvalue weighted by Crippen LogP contribution is -2.44. The number of amides is 1. The number of carbonyl (C=O) groups is 2. The van der Waals surface area contributed by atoms with Gasteiger partial charge in [-0.05, 0) is 39.7 Å². The molecular weight excluding hydrogens is 285 g/mol. The number of hydrogen-bond acceptors (Lipinski definition) is 4. The molecule has 0 aliphatic carbocycles. The standard InChI is InChI=1S/C14H20NO2.CH2O2.Al.H/c1-11-5-7-12(8-6-11)9-10-15-13(16)17-14(2,3)4;2-1-3;;/h5-8,10H,9H2,1-4H3,(H,15,16);1H,(H,2,3);;/q;;+1;/p-1. The normalized spacial score (nSPS) is 12.2. The minimum Gasteiger partial charge on any atom is -0.620 e. The molecule has 0 bridgehead atoms. The molecule has 0 radical (unpaired) electrons. The fourth-order valence-corrected chi connectivity index (χ4v) is 2.80. The number of rotatable bonds is 6. The van der Waals surface area contributed by atoms with Crippen molar-refractivity contribution in [2.24, 2.45) is 0 Å². The first-order valence-electron chi connectivity index (χ1n) is 6.90. The fourth-order valence-electron chi connectivity index (χ4n) is 1.79. The molecule has 6 heteroatoms. The van der Waals surface area contributed by atoms with Gasteiger partial charge >= 0.3 is 21.6 Å². The van der Waals surface area contributed by atoms with Gasteiger partial charge in [0.1, 0.15) is 5.60 Å². The largest absolute Gasteiger partial charge is 0.620 e. The fraction of sp³-hybridized carbons (Fsp3) is 0.467. The van der Waals surface area contributed by atoms with Crippen LogP contribution in [-0.2, 0) is 19.7 Å². The summed E-state index contributed by atoms with van der Waals surface area (Å²) in [6.07, 6.45) is 0.140. The molecular formula is C15H22AlNO4. The molecule has 0 heterocycles. The van der Waals surface area contributed by atoms with Gasteiger partial charge in [0.15, 0.2) is 0 Å². The zero-order chi connectivity index (χ0) is 15.9. The Labute approximate surface area is 132 Å². The van der Waals surface area contributed by atoms with Crippen LogP contribution in [0.3, 0.4) is 0 Å². The number of carbonyl (C=O) groups excluding carboxylic acids is 2. The molecule has 1 aromatic carbocycles. The van der Waals surface area contributed by atoms with Crippen LogP contribution in [0.15, 0.2) is 24.3 Å². The summed E-state index contributed by atoms with van der Waals surface area (Å²) < 4.78 is 10.1.